The molecule has 1 amide bonds. The number of benzene rings is 1. The van der Waals surface area contributed by atoms with Crippen molar-refractivity contribution in [1.29, 1.82) is 0 Å². The molecule has 0 saturated carbocycles. The molecular formula is C22H24N2O4. The van der Waals surface area contributed by atoms with Gasteiger partial charge in [0.1, 0.15) is 17.6 Å². The number of ketones is 1. The van der Waals surface area contributed by atoms with Gasteiger partial charge in [0, 0.05) is 18.3 Å². The molecule has 1 fully saturated rings. The Morgan fingerprint density at radius 2 is 1.86 bits per heavy atom. The second-order valence-corrected chi connectivity index (χ2v) is 6.62. The van der Waals surface area contributed by atoms with Crippen LogP contribution in [0.3, 0.4) is 0 Å². The van der Waals surface area contributed by atoms with Gasteiger partial charge in [-0.1, -0.05) is 19.9 Å². The Labute approximate surface area is 164 Å². The quantitative estimate of drug-likeness (QED) is 0.450. The molecule has 6 nitrogen and oxygen atoms in total. The number of likely N-dealkylation sites (tertiary alicyclic amines) is 1. The van der Waals surface area contributed by atoms with Crippen LogP contribution in [0.4, 0.5) is 0 Å². The van der Waals surface area contributed by atoms with Gasteiger partial charge in [-0.25, -0.2) is 0 Å². The number of aromatic nitrogens is 1. The highest BCUT2D eigenvalue weighted by molar-refractivity contribution is 6.46. The van der Waals surface area contributed by atoms with Gasteiger partial charge in [-0.05, 0) is 49.2 Å². The number of amides is 1. The normalized spacial score (nSPS) is 18.5. The van der Waals surface area contributed by atoms with Crippen molar-refractivity contribution < 1.29 is 19.4 Å². The van der Waals surface area contributed by atoms with Crippen molar-refractivity contribution in [2.45, 2.75) is 32.7 Å². The SMILES string of the molecule is CCCOc1ccc(/C(O)=C2/C(=O)C(=O)N(CCC)C2c2ccccn2)cc1. The first-order chi connectivity index (χ1) is 13.6. The van der Waals surface area contributed by atoms with Gasteiger partial charge in [-0.3, -0.25) is 14.6 Å². The Hall–Kier alpha value is -3.15. The van der Waals surface area contributed by atoms with Gasteiger partial charge in [0.2, 0.25) is 0 Å². The number of nitrogens with zero attached hydrogens (tertiary/aromatic N) is 2. The largest absolute Gasteiger partial charge is 0.507 e. The number of aliphatic hydroxyl groups is 1. The summed E-state index contributed by atoms with van der Waals surface area (Å²) >= 11 is 0. The highest BCUT2D eigenvalue weighted by atomic mass is 16.5. The lowest BCUT2D eigenvalue weighted by molar-refractivity contribution is -0.139. The van der Waals surface area contributed by atoms with Crippen molar-refractivity contribution in [3.05, 3.63) is 65.5 Å². The van der Waals surface area contributed by atoms with E-state index in [1.165, 1.54) is 4.90 Å². The molecule has 0 radical (unpaired) electrons. The monoisotopic (exact) mass is 380 g/mol. The lowest BCUT2D eigenvalue weighted by Crippen LogP contribution is -2.30. The van der Waals surface area contributed by atoms with E-state index < -0.39 is 17.7 Å². The molecule has 0 bridgehead atoms. The molecule has 2 heterocycles. The van der Waals surface area contributed by atoms with E-state index >= 15 is 0 Å². The summed E-state index contributed by atoms with van der Waals surface area (Å²) in [7, 11) is 0. The van der Waals surface area contributed by atoms with Crippen molar-refractivity contribution in [3.63, 3.8) is 0 Å². The molecule has 0 spiro atoms. The third kappa shape index (κ3) is 3.76. The molecule has 1 unspecified atom stereocenters. The van der Waals surface area contributed by atoms with Crippen molar-refractivity contribution in [3.8, 4) is 5.75 Å². The minimum atomic E-state index is -0.697. The van der Waals surface area contributed by atoms with Crippen molar-refractivity contribution in [2.75, 3.05) is 13.2 Å². The van der Waals surface area contributed by atoms with E-state index in [-0.39, 0.29) is 11.3 Å². The predicted octanol–water partition coefficient (Wildman–Crippen LogP) is 3.70. The van der Waals surface area contributed by atoms with E-state index in [4.69, 9.17) is 4.74 Å². The fraction of sp³-hybridized carbons (Fsp3) is 0.318. The minimum absolute atomic E-state index is 0.0689. The standard InChI is InChI=1S/C22H24N2O4/c1-3-13-24-19(17-7-5-6-12-23-17)18(21(26)22(24)27)20(25)15-8-10-16(11-9-15)28-14-4-2/h5-12,19,25H,3-4,13-14H2,1-2H3/b20-18-. The summed E-state index contributed by atoms with van der Waals surface area (Å²) in [6.45, 7) is 4.97. The van der Waals surface area contributed by atoms with Crippen LogP contribution in [0.15, 0.2) is 54.2 Å². The third-order valence-electron chi connectivity index (χ3n) is 4.57. The maximum absolute atomic E-state index is 12.7. The van der Waals surface area contributed by atoms with Crippen LogP contribution in [0.1, 0.15) is 44.0 Å². The van der Waals surface area contributed by atoms with Crippen LogP contribution in [0.2, 0.25) is 0 Å². The molecule has 1 N–H and O–H groups in total. The highest BCUT2D eigenvalue weighted by Crippen LogP contribution is 2.38. The molecule has 1 saturated heterocycles. The van der Waals surface area contributed by atoms with Crippen molar-refractivity contribution in [1.82, 2.24) is 9.88 Å². The number of ether oxygens (including phenoxy) is 1. The lowest BCUT2D eigenvalue weighted by Gasteiger charge is -2.23. The molecule has 1 aromatic carbocycles. The van der Waals surface area contributed by atoms with Crippen molar-refractivity contribution >= 4 is 17.4 Å². The zero-order valence-corrected chi connectivity index (χ0v) is 16.1. The van der Waals surface area contributed by atoms with E-state index in [9.17, 15) is 14.7 Å². The number of hydrogen-bond acceptors (Lipinski definition) is 5. The van der Waals surface area contributed by atoms with E-state index in [0.29, 0.717) is 36.6 Å². The van der Waals surface area contributed by atoms with Gasteiger partial charge in [-0.2, -0.15) is 0 Å². The summed E-state index contributed by atoms with van der Waals surface area (Å²) in [6, 6.07) is 11.5. The first-order valence-electron chi connectivity index (χ1n) is 9.51. The Morgan fingerprint density at radius 1 is 1.11 bits per heavy atom. The average molecular weight is 380 g/mol. The highest BCUT2D eigenvalue weighted by Gasteiger charge is 2.46. The number of hydrogen-bond donors (Lipinski definition) is 1. The summed E-state index contributed by atoms with van der Waals surface area (Å²) in [5, 5.41) is 10.9. The van der Waals surface area contributed by atoms with Gasteiger partial charge in [-0.15, -0.1) is 0 Å². The van der Waals surface area contributed by atoms with Gasteiger partial charge in [0.25, 0.3) is 11.7 Å². The summed E-state index contributed by atoms with van der Waals surface area (Å²) in [5.74, 6) is -0.810. The Kier molecular flexibility index (Phi) is 6.09. The van der Waals surface area contributed by atoms with E-state index in [1.807, 2.05) is 13.8 Å². The van der Waals surface area contributed by atoms with E-state index in [2.05, 4.69) is 4.98 Å². The number of rotatable bonds is 7. The smallest absolute Gasteiger partial charge is 0.295 e. The molecular weight excluding hydrogens is 356 g/mol. The molecule has 28 heavy (non-hydrogen) atoms. The zero-order valence-electron chi connectivity index (χ0n) is 16.1. The molecule has 1 aliphatic rings. The van der Waals surface area contributed by atoms with Gasteiger partial charge < -0.3 is 14.7 Å². The lowest BCUT2D eigenvalue weighted by atomic mass is 9.98. The topological polar surface area (TPSA) is 79.7 Å². The summed E-state index contributed by atoms with van der Waals surface area (Å²) in [5.41, 5.74) is 1.08. The molecule has 3 rings (SSSR count). The summed E-state index contributed by atoms with van der Waals surface area (Å²) < 4.78 is 5.56. The maximum atomic E-state index is 12.7. The van der Waals surface area contributed by atoms with Gasteiger partial charge in [0.05, 0.1) is 17.9 Å². The Morgan fingerprint density at radius 3 is 2.46 bits per heavy atom. The van der Waals surface area contributed by atoms with E-state index in [1.54, 1.807) is 48.7 Å². The first-order valence-corrected chi connectivity index (χ1v) is 9.51. The first kappa shape index (κ1) is 19.6. The van der Waals surface area contributed by atoms with Gasteiger partial charge in [0.15, 0.2) is 0 Å². The Balaban J connectivity index is 2.04. The Bertz CT molecular complexity index is 875. The number of carbonyl (C=O) groups excluding carboxylic acids is 2. The fourth-order valence-corrected chi connectivity index (χ4v) is 3.28. The minimum Gasteiger partial charge on any atom is -0.507 e. The molecule has 1 aliphatic heterocycles. The number of pyridine rings is 1. The van der Waals surface area contributed by atoms with Crippen LogP contribution in [0, 0.1) is 0 Å². The number of carbonyl (C=O) groups is 2. The van der Waals surface area contributed by atoms with Crippen LogP contribution in [0.5, 0.6) is 5.75 Å². The van der Waals surface area contributed by atoms with Crippen LogP contribution < -0.4 is 4.74 Å². The van der Waals surface area contributed by atoms with Gasteiger partial charge >= 0.3 is 0 Å². The maximum Gasteiger partial charge on any atom is 0.295 e. The van der Waals surface area contributed by atoms with Crippen molar-refractivity contribution in [2.24, 2.45) is 0 Å². The second-order valence-electron chi connectivity index (χ2n) is 6.62. The van der Waals surface area contributed by atoms with Crippen LogP contribution in [0.25, 0.3) is 5.76 Å². The van der Waals surface area contributed by atoms with Crippen LogP contribution in [-0.4, -0.2) is 39.8 Å². The summed E-state index contributed by atoms with van der Waals surface area (Å²) in [6.07, 6.45) is 3.20. The predicted molar refractivity (Wildman–Crippen MR) is 106 cm³/mol. The number of Topliss-reactive ketones (excluding diaryl/α,β-unsaturated/α-hetero) is 1. The molecule has 146 valence electrons. The second kappa shape index (κ2) is 8.69. The molecule has 6 heteroatoms. The fourth-order valence-electron chi connectivity index (χ4n) is 3.28. The molecule has 0 aliphatic carbocycles. The average Bonchev–Trinajstić information content (AvgIpc) is 2.98. The summed E-state index contributed by atoms with van der Waals surface area (Å²) in [4.78, 5) is 31.1. The zero-order chi connectivity index (χ0) is 20.1. The molecule has 1 aromatic heterocycles. The third-order valence-corrected chi connectivity index (χ3v) is 4.57. The van der Waals surface area contributed by atoms with Crippen LogP contribution >= 0.6 is 0 Å². The van der Waals surface area contributed by atoms with E-state index in [0.717, 1.165) is 6.42 Å². The number of aliphatic hydroxyl groups excluding tert-OH is 1. The molecule has 1 atom stereocenters. The molecule has 2 aromatic rings. The van der Waals surface area contributed by atoms with Crippen LogP contribution in [-0.2, 0) is 9.59 Å².